The summed E-state index contributed by atoms with van der Waals surface area (Å²) in [7, 11) is 0. The molecule has 4 heteroatoms. The molecule has 3 rings (SSSR count). The molecule has 108 valence electrons. The van der Waals surface area contributed by atoms with Crippen LogP contribution in [0.2, 0.25) is 0 Å². The number of halogens is 1. The molecule has 2 aromatic rings. The summed E-state index contributed by atoms with van der Waals surface area (Å²) in [5, 5.41) is 9.37. The highest BCUT2D eigenvalue weighted by Gasteiger charge is 2.29. The molecule has 21 heavy (non-hydrogen) atoms. The molecule has 0 aliphatic carbocycles. The van der Waals surface area contributed by atoms with E-state index < -0.39 is 5.97 Å². The third kappa shape index (κ3) is 2.95. The first-order valence-electron chi connectivity index (χ1n) is 6.96. The number of rotatable bonds is 3. The van der Waals surface area contributed by atoms with Crippen LogP contribution in [0.4, 0.5) is 5.69 Å². The minimum Gasteiger partial charge on any atom is -0.481 e. The molecule has 0 fully saturated rings. The van der Waals surface area contributed by atoms with Gasteiger partial charge in [-0.05, 0) is 35.7 Å². The van der Waals surface area contributed by atoms with E-state index in [0.29, 0.717) is 6.42 Å². The van der Waals surface area contributed by atoms with Gasteiger partial charge in [0.15, 0.2) is 0 Å². The second-order valence-corrected chi connectivity index (χ2v) is 6.21. The first kappa shape index (κ1) is 14.1. The van der Waals surface area contributed by atoms with Gasteiger partial charge >= 0.3 is 5.97 Å². The summed E-state index contributed by atoms with van der Waals surface area (Å²) in [6.07, 6.45) is 0.653. The number of carbonyl (C=O) groups is 1. The summed E-state index contributed by atoms with van der Waals surface area (Å²) in [6.45, 7) is 1.56. The molecule has 0 radical (unpaired) electrons. The van der Waals surface area contributed by atoms with E-state index in [1.54, 1.807) is 0 Å². The third-order valence-electron chi connectivity index (χ3n) is 3.90. The lowest BCUT2D eigenvalue weighted by Crippen LogP contribution is -2.33. The Morgan fingerprint density at radius 1 is 1.24 bits per heavy atom. The molecule has 0 spiro atoms. The molecule has 1 heterocycles. The predicted molar refractivity (Wildman–Crippen MR) is 86.6 cm³/mol. The number of carboxylic acid groups (broad SMARTS) is 1. The maximum Gasteiger partial charge on any atom is 0.311 e. The molecule has 1 aliphatic heterocycles. The fourth-order valence-corrected chi connectivity index (χ4v) is 3.35. The van der Waals surface area contributed by atoms with Crippen LogP contribution >= 0.6 is 15.9 Å². The standard InChI is InChI=1S/C17H16BrNO2/c18-13-5-3-4-12(10-13)11-19-9-8-15(17(20)21)14-6-1-2-7-16(14)19/h1-7,10,15H,8-9,11H2,(H,20,21). The number of hydrogen-bond acceptors (Lipinski definition) is 2. The quantitative estimate of drug-likeness (QED) is 0.912. The smallest absolute Gasteiger partial charge is 0.311 e. The Labute approximate surface area is 132 Å². The van der Waals surface area contributed by atoms with Crippen LogP contribution in [0.3, 0.4) is 0 Å². The van der Waals surface area contributed by atoms with Crippen molar-refractivity contribution in [1.29, 1.82) is 0 Å². The zero-order valence-corrected chi connectivity index (χ0v) is 13.1. The average Bonchev–Trinajstić information content (AvgIpc) is 2.47. The van der Waals surface area contributed by atoms with Crippen LogP contribution in [-0.4, -0.2) is 17.6 Å². The van der Waals surface area contributed by atoms with Crippen molar-refractivity contribution >= 4 is 27.6 Å². The Balaban J connectivity index is 1.91. The third-order valence-corrected chi connectivity index (χ3v) is 4.39. The largest absolute Gasteiger partial charge is 0.481 e. The molecule has 0 bridgehead atoms. The van der Waals surface area contributed by atoms with Gasteiger partial charge in [0, 0.05) is 23.2 Å². The van der Waals surface area contributed by atoms with Crippen LogP contribution in [0, 0.1) is 0 Å². The molecule has 0 aromatic heterocycles. The number of nitrogens with zero attached hydrogens (tertiary/aromatic N) is 1. The normalized spacial score (nSPS) is 17.4. The van der Waals surface area contributed by atoms with Crippen molar-refractivity contribution in [2.75, 3.05) is 11.4 Å². The predicted octanol–water partition coefficient (Wildman–Crippen LogP) is 4.03. The monoisotopic (exact) mass is 345 g/mol. The number of benzene rings is 2. The average molecular weight is 346 g/mol. The Hall–Kier alpha value is -1.81. The van der Waals surface area contributed by atoms with Crippen molar-refractivity contribution in [2.24, 2.45) is 0 Å². The number of para-hydroxylation sites is 1. The summed E-state index contributed by atoms with van der Waals surface area (Å²) in [5.74, 6) is -1.12. The van der Waals surface area contributed by atoms with Crippen LogP contribution < -0.4 is 4.90 Å². The highest BCUT2D eigenvalue weighted by atomic mass is 79.9. The van der Waals surface area contributed by atoms with Crippen molar-refractivity contribution in [3.05, 3.63) is 64.1 Å². The van der Waals surface area contributed by atoms with E-state index in [2.05, 4.69) is 33.0 Å². The van der Waals surface area contributed by atoms with Gasteiger partial charge in [0.1, 0.15) is 0 Å². The molecule has 1 unspecified atom stereocenters. The van der Waals surface area contributed by atoms with Crippen molar-refractivity contribution < 1.29 is 9.90 Å². The molecule has 2 aromatic carbocycles. The summed E-state index contributed by atoms with van der Waals surface area (Å²) < 4.78 is 1.06. The summed E-state index contributed by atoms with van der Waals surface area (Å²) in [6, 6.07) is 16.1. The van der Waals surface area contributed by atoms with Crippen LogP contribution in [0.1, 0.15) is 23.5 Å². The molecule has 0 amide bonds. The lowest BCUT2D eigenvalue weighted by Gasteiger charge is -2.34. The van der Waals surface area contributed by atoms with Crippen molar-refractivity contribution in [2.45, 2.75) is 18.9 Å². The second-order valence-electron chi connectivity index (χ2n) is 5.29. The molecule has 3 nitrogen and oxygen atoms in total. The van der Waals surface area contributed by atoms with E-state index in [9.17, 15) is 9.90 Å². The number of aliphatic carboxylic acids is 1. The fraction of sp³-hybridized carbons (Fsp3) is 0.235. The summed E-state index contributed by atoms with van der Waals surface area (Å²) in [4.78, 5) is 13.7. The van der Waals surface area contributed by atoms with Gasteiger partial charge in [0.25, 0.3) is 0 Å². The summed E-state index contributed by atoms with van der Waals surface area (Å²) in [5.41, 5.74) is 3.18. The number of fused-ring (bicyclic) bond motifs is 1. The van der Waals surface area contributed by atoms with Gasteiger partial charge < -0.3 is 10.0 Å². The number of carboxylic acids is 1. The van der Waals surface area contributed by atoms with Gasteiger partial charge in [-0.2, -0.15) is 0 Å². The topological polar surface area (TPSA) is 40.5 Å². The second kappa shape index (κ2) is 5.90. The van der Waals surface area contributed by atoms with Gasteiger partial charge in [-0.1, -0.05) is 46.3 Å². The van der Waals surface area contributed by atoms with Crippen LogP contribution in [0.5, 0.6) is 0 Å². The Morgan fingerprint density at radius 2 is 2.05 bits per heavy atom. The van der Waals surface area contributed by atoms with E-state index in [-0.39, 0.29) is 5.92 Å². The van der Waals surface area contributed by atoms with Gasteiger partial charge in [0.05, 0.1) is 5.92 Å². The molecule has 0 saturated heterocycles. The number of anilines is 1. The van der Waals surface area contributed by atoms with E-state index in [1.807, 2.05) is 36.4 Å². The lowest BCUT2D eigenvalue weighted by atomic mass is 9.90. The van der Waals surface area contributed by atoms with Gasteiger partial charge in [-0.25, -0.2) is 0 Å². The number of hydrogen-bond donors (Lipinski definition) is 1. The Bertz CT molecular complexity index is 671. The van der Waals surface area contributed by atoms with Gasteiger partial charge in [-0.15, -0.1) is 0 Å². The minimum atomic E-state index is -0.732. The summed E-state index contributed by atoms with van der Waals surface area (Å²) >= 11 is 3.49. The maximum atomic E-state index is 11.4. The zero-order valence-electron chi connectivity index (χ0n) is 11.5. The Morgan fingerprint density at radius 3 is 2.81 bits per heavy atom. The molecule has 0 saturated carbocycles. The maximum absolute atomic E-state index is 11.4. The molecular formula is C17H16BrNO2. The molecule has 1 aliphatic rings. The SMILES string of the molecule is O=C(O)C1CCN(Cc2cccc(Br)c2)c2ccccc21. The van der Waals surface area contributed by atoms with Crippen molar-refractivity contribution in [3.63, 3.8) is 0 Å². The van der Waals surface area contributed by atoms with Gasteiger partial charge in [0.2, 0.25) is 0 Å². The van der Waals surface area contributed by atoms with Crippen LogP contribution in [0.15, 0.2) is 53.0 Å². The first-order valence-corrected chi connectivity index (χ1v) is 7.75. The molecule has 1 N–H and O–H groups in total. The first-order chi connectivity index (χ1) is 10.1. The minimum absolute atomic E-state index is 0.389. The fourth-order valence-electron chi connectivity index (χ4n) is 2.91. The van der Waals surface area contributed by atoms with Gasteiger partial charge in [-0.3, -0.25) is 4.79 Å². The van der Waals surface area contributed by atoms with E-state index in [1.165, 1.54) is 5.56 Å². The highest BCUT2D eigenvalue weighted by molar-refractivity contribution is 9.10. The van der Waals surface area contributed by atoms with E-state index in [4.69, 9.17) is 0 Å². The van der Waals surface area contributed by atoms with Crippen LogP contribution in [-0.2, 0) is 11.3 Å². The van der Waals surface area contributed by atoms with E-state index in [0.717, 1.165) is 28.8 Å². The van der Waals surface area contributed by atoms with Crippen molar-refractivity contribution in [1.82, 2.24) is 0 Å². The van der Waals surface area contributed by atoms with Crippen LogP contribution in [0.25, 0.3) is 0 Å². The molecular weight excluding hydrogens is 330 g/mol. The molecule has 1 atom stereocenters. The zero-order chi connectivity index (χ0) is 14.8. The Kier molecular flexibility index (Phi) is 3.97. The van der Waals surface area contributed by atoms with Crippen molar-refractivity contribution in [3.8, 4) is 0 Å². The van der Waals surface area contributed by atoms with E-state index >= 15 is 0 Å². The highest BCUT2D eigenvalue weighted by Crippen LogP contribution is 2.36. The lowest BCUT2D eigenvalue weighted by molar-refractivity contribution is -0.139.